The van der Waals surface area contributed by atoms with Gasteiger partial charge in [-0.25, -0.2) is 24.1 Å². The van der Waals surface area contributed by atoms with Crippen LogP contribution in [-0.2, 0) is 19.0 Å². The fraction of sp³-hybridized carbons (Fsp3) is 0.750. The number of carbonyl (C=O) groups excluding carboxylic acids is 3. The molecule has 3 amide bonds. The van der Waals surface area contributed by atoms with E-state index in [0.29, 0.717) is 0 Å². The topological polar surface area (TPSA) is 167 Å². The number of hydrogen-bond acceptors (Lipinski definition) is 8. The van der Waals surface area contributed by atoms with Crippen LogP contribution in [0.2, 0.25) is 0 Å². The van der Waals surface area contributed by atoms with E-state index in [1.54, 1.807) is 62.3 Å². The summed E-state index contributed by atoms with van der Waals surface area (Å²) in [7, 11) is 0. The summed E-state index contributed by atoms with van der Waals surface area (Å²) >= 11 is 0. The molecule has 0 aromatic heterocycles. The number of nitrogens with one attached hydrogen (secondary N) is 3. The zero-order valence-corrected chi connectivity index (χ0v) is 20.2. The van der Waals surface area contributed by atoms with Crippen molar-refractivity contribution in [2.45, 2.75) is 91.6 Å². The first kappa shape index (κ1) is 28.9. The number of carboxylic acids is 1. The summed E-state index contributed by atoms with van der Waals surface area (Å²) < 4.78 is 15.4. The number of guanidine groups is 1. The lowest BCUT2D eigenvalue weighted by Crippen LogP contribution is -2.51. The van der Waals surface area contributed by atoms with Gasteiger partial charge in [-0.15, -0.1) is 0 Å². The molecule has 1 atom stereocenters. The minimum Gasteiger partial charge on any atom is -0.480 e. The van der Waals surface area contributed by atoms with Gasteiger partial charge in [-0.2, -0.15) is 0 Å². The first-order valence-electron chi connectivity index (χ1n) is 10.0. The van der Waals surface area contributed by atoms with Crippen LogP contribution in [0, 0.1) is 5.41 Å². The number of rotatable bonds is 5. The normalized spacial score (nSPS) is 12.8. The fourth-order valence-corrected chi connectivity index (χ4v) is 2.04. The maximum absolute atomic E-state index is 12.6. The van der Waals surface area contributed by atoms with Crippen LogP contribution in [0.5, 0.6) is 0 Å². The van der Waals surface area contributed by atoms with Crippen molar-refractivity contribution in [1.82, 2.24) is 15.5 Å². The highest BCUT2D eigenvalue weighted by atomic mass is 16.6. The Labute approximate surface area is 188 Å². The maximum atomic E-state index is 12.6. The van der Waals surface area contributed by atoms with E-state index >= 15 is 0 Å². The molecule has 0 aliphatic carbocycles. The molecule has 12 heteroatoms. The van der Waals surface area contributed by atoms with Gasteiger partial charge in [0.1, 0.15) is 22.8 Å². The maximum Gasteiger partial charge on any atom is 0.417 e. The highest BCUT2D eigenvalue weighted by Crippen LogP contribution is 2.12. The van der Waals surface area contributed by atoms with E-state index in [-0.39, 0.29) is 13.0 Å². The van der Waals surface area contributed by atoms with E-state index < -0.39 is 53.1 Å². The lowest BCUT2D eigenvalue weighted by atomic mass is 10.2. The van der Waals surface area contributed by atoms with Gasteiger partial charge >= 0.3 is 24.2 Å². The average Bonchev–Trinajstić information content (AvgIpc) is 2.47. The molecular formula is C20H36N4O8. The van der Waals surface area contributed by atoms with Crippen molar-refractivity contribution in [1.29, 1.82) is 5.41 Å². The van der Waals surface area contributed by atoms with Crippen LogP contribution in [0.4, 0.5) is 14.4 Å². The first-order valence-corrected chi connectivity index (χ1v) is 10.0. The van der Waals surface area contributed by atoms with Crippen molar-refractivity contribution in [3.63, 3.8) is 0 Å². The molecule has 0 saturated carbocycles. The molecule has 12 nitrogen and oxygen atoms in total. The Morgan fingerprint density at radius 2 is 1.28 bits per heavy atom. The number of amides is 3. The number of nitrogens with zero attached hydrogens (tertiary/aromatic N) is 1. The molecule has 0 bridgehead atoms. The zero-order chi connectivity index (χ0) is 25.5. The molecule has 0 aromatic carbocycles. The van der Waals surface area contributed by atoms with Crippen molar-refractivity contribution in [2.75, 3.05) is 6.54 Å². The number of ether oxygens (including phenoxy) is 3. The fourth-order valence-electron chi connectivity index (χ4n) is 2.04. The van der Waals surface area contributed by atoms with E-state index in [4.69, 9.17) is 19.6 Å². The molecular weight excluding hydrogens is 424 g/mol. The van der Waals surface area contributed by atoms with Gasteiger partial charge in [-0.3, -0.25) is 10.7 Å². The van der Waals surface area contributed by atoms with Crippen LogP contribution < -0.4 is 10.6 Å². The Bertz CT molecular complexity index is 717. The van der Waals surface area contributed by atoms with Crippen molar-refractivity contribution >= 4 is 30.2 Å². The Morgan fingerprint density at radius 1 is 0.844 bits per heavy atom. The number of alkyl carbamates (subject to hydrolysis) is 2. The molecule has 0 unspecified atom stereocenters. The molecule has 0 aliphatic heterocycles. The lowest BCUT2D eigenvalue weighted by molar-refractivity contribution is -0.139. The molecule has 184 valence electrons. The van der Waals surface area contributed by atoms with E-state index in [0.717, 1.165) is 4.90 Å². The summed E-state index contributed by atoms with van der Waals surface area (Å²) in [4.78, 5) is 48.8. The Kier molecular flexibility index (Phi) is 9.96. The third-order valence-corrected chi connectivity index (χ3v) is 3.13. The van der Waals surface area contributed by atoms with E-state index in [2.05, 4.69) is 10.6 Å². The van der Waals surface area contributed by atoms with E-state index in [1.165, 1.54) is 0 Å². The highest BCUT2D eigenvalue weighted by molar-refractivity contribution is 5.99. The van der Waals surface area contributed by atoms with Gasteiger partial charge in [0, 0.05) is 6.54 Å². The summed E-state index contributed by atoms with van der Waals surface area (Å²) in [5.74, 6) is -2.04. The van der Waals surface area contributed by atoms with Crippen molar-refractivity contribution in [3.8, 4) is 0 Å². The quantitative estimate of drug-likeness (QED) is 0.276. The lowest BCUT2D eigenvalue weighted by Gasteiger charge is -2.29. The Morgan fingerprint density at radius 3 is 1.69 bits per heavy atom. The van der Waals surface area contributed by atoms with Crippen molar-refractivity contribution < 1.29 is 38.5 Å². The summed E-state index contributed by atoms with van der Waals surface area (Å²) in [5, 5.41) is 21.8. The second-order valence-corrected chi connectivity index (χ2v) is 9.93. The average molecular weight is 461 g/mol. The number of aliphatic carboxylic acids is 1. The van der Waals surface area contributed by atoms with Gasteiger partial charge < -0.3 is 24.6 Å². The molecule has 0 aliphatic rings. The molecule has 0 radical (unpaired) electrons. The molecule has 32 heavy (non-hydrogen) atoms. The highest BCUT2D eigenvalue weighted by Gasteiger charge is 2.30. The van der Waals surface area contributed by atoms with Gasteiger partial charge in [0.2, 0.25) is 5.96 Å². The minimum atomic E-state index is -1.43. The SMILES string of the molecule is CC(C)(C)OC(=O)NC(=N)N(CC[C@H](NC(=O)OC(C)(C)C)C(=O)O)C(=O)OC(C)(C)C. The van der Waals surface area contributed by atoms with Gasteiger partial charge in [0.15, 0.2) is 0 Å². The summed E-state index contributed by atoms with van der Waals surface area (Å²) in [6.45, 7) is 14.2. The summed E-state index contributed by atoms with van der Waals surface area (Å²) in [5.41, 5.74) is -2.59. The van der Waals surface area contributed by atoms with Crippen molar-refractivity contribution in [3.05, 3.63) is 0 Å². The van der Waals surface area contributed by atoms with E-state index in [1.807, 2.05) is 0 Å². The second-order valence-electron chi connectivity index (χ2n) is 9.93. The number of carbonyl (C=O) groups is 4. The molecule has 0 spiro atoms. The van der Waals surface area contributed by atoms with Crippen LogP contribution >= 0.6 is 0 Å². The zero-order valence-electron chi connectivity index (χ0n) is 20.2. The van der Waals surface area contributed by atoms with Crippen LogP contribution in [0.15, 0.2) is 0 Å². The van der Waals surface area contributed by atoms with Crippen molar-refractivity contribution in [2.24, 2.45) is 0 Å². The van der Waals surface area contributed by atoms with Gasteiger partial charge in [-0.05, 0) is 68.7 Å². The Hall–Kier alpha value is -3.05. The first-order chi connectivity index (χ1) is 14.2. The van der Waals surface area contributed by atoms with Gasteiger partial charge in [-0.1, -0.05) is 0 Å². The van der Waals surface area contributed by atoms with Crippen LogP contribution in [0.25, 0.3) is 0 Å². The molecule has 0 rings (SSSR count). The van der Waals surface area contributed by atoms with Crippen LogP contribution in [-0.4, -0.2) is 69.6 Å². The standard InChI is InChI=1S/C20H36N4O8/c1-18(2,3)30-15(27)22-12(13(25)26)10-11-24(17(29)32-20(7,8)9)14(21)23-16(28)31-19(4,5)6/h12H,10-11H2,1-9H3,(H,22,27)(H,25,26)(H2,21,23,28)/t12-/m0/s1. The largest absolute Gasteiger partial charge is 0.480 e. The number of hydrogen-bond donors (Lipinski definition) is 4. The summed E-state index contributed by atoms with van der Waals surface area (Å²) in [6, 6.07) is -1.43. The Balaban J connectivity index is 5.42. The predicted octanol–water partition coefficient (Wildman–Crippen LogP) is 3.05. The van der Waals surface area contributed by atoms with Gasteiger partial charge in [0.25, 0.3) is 0 Å². The molecule has 0 fully saturated rings. The molecule has 0 heterocycles. The van der Waals surface area contributed by atoms with Crippen LogP contribution in [0.3, 0.4) is 0 Å². The molecule has 0 saturated heterocycles. The van der Waals surface area contributed by atoms with Crippen LogP contribution in [0.1, 0.15) is 68.7 Å². The molecule has 0 aromatic rings. The monoisotopic (exact) mass is 460 g/mol. The third kappa shape index (κ3) is 13.3. The van der Waals surface area contributed by atoms with Gasteiger partial charge in [0.05, 0.1) is 0 Å². The smallest absolute Gasteiger partial charge is 0.417 e. The third-order valence-electron chi connectivity index (χ3n) is 3.13. The minimum absolute atomic E-state index is 0.299. The summed E-state index contributed by atoms with van der Waals surface area (Å²) in [6.07, 6.45) is -3.21. The molecule has 4 N–H and O–H groups in total. The second kappa shape index (κ2) is 11.0. The number of carboxylic acid groups (broad SMARTS) is 1. The predicted molar refractivity (Wildman–Crippen MR) is 115 cm³/mol. The van der Waals surface area contributed by atoms with E-state index in [9.17, 15) is 24.3 Å².